The summed E-state index contributed by atoms with van der Waals surface area (Å²) in [7, 11) is 0. The van der Waals surface area contributed by atoms with Gasteiger partial charge in [0.05, 0.1) is 6.10 Å². The van der Waals surface area contributed by atoms with E-state index in [4.69, 9.17) is 9.84 Å². The molecule has 2 N–H and O–H groups in total. The van der Waals surface area contributed by atoms with E-state index in [2.05, 4.69) is 5.32 Å². The molecule has 0 aromatic carbocycles. The summed E-state index contributed by atoms with van der Waals surface area (Å²) in [5, 5.41) is 11.6. The van der Waals surface area contributed by atoms with Crippen LogP contribution in [0.4, 0.5) is 0 Å². The number of carboxylic acids is 1. The quantitative estimate of drug-likeness (QED) is 0.603. The molecule has 0 aliphatic carbocycles. The molecule has 4 heteroatoms. The van der Waals surface area contributed by atoms with Crippen molar-refractivity contribution in [3.05, 3.63) is 0 Å². The number of rotatable bonds is 7. The molecule has 82 valence electrons. The summed E-state index contributed by atoms with van der Waals surface area (Å²) in [6.45, 7) is 2.63. The third-order valence-corrected chi connectivity index (χ3v) is 2.41. The summed E-state index contributed by atoms with van der Waals surface area (Å²) in [6, 6.07) is 0. The van der Waals surface area contributed by atoms with Gasteiger partial charge in [-0.2, -0.15) is 0 Å². The first kappa shape index (κ1) is 11.5. The maximum Gasteiger partial charge on any atom is 0.303 e. The molecule has 0 radical (unpaired) electrons. The van der Waals surface area contributed by atoms with E-state index in [0.717, 1.165) is 26.1 Å². The summed E-state index contributed by atoms with van der Waals surface area (Å²) in [5.74, 6) is -0.717. The summed E-state index contributed by atoms with van der Waals surface area (Å²) in [5.41, 5.74) is 0. The topological polar surface area (TPSA) is 58.6 Å². The van der Waals surface area contributed by atoms with Crippen molar-refractivity contribution in [2.45, 2.75) is 38.2 Å². The fourth-order valence-corrected chi connectivity index (χ4v) is 1.62. The van der Waals surface area contributed by atoms with Crippen molar-refractivity contribution >= 4 is 5.97 Å². The summed E-state index contributed by atoms with van der Waals surface area (Å²) < 4.78 is 5.46. The third kappa shape index (κ3) is 5.19. The van der Waals surface area contributed by atoms with E-state index < -0.39 is 5.97 Å². The second-order valence-corrected chi connectivity index (χ2v) is 3.67. The molecule has 1 aliphatic heterocycles. The molecule has 14 heavy (non-hydrogen) atoms. The lowest BCUT2D eigenvalue weighted by Crippen LogP contribution is -2.21. The maximum atomic E-state index is 10.2. The molecule has 0 aromatic heterocycles. The van der Waals surface area contributed by atoms with Gasteiger partial charge in [-0.15, -0.1) is 0 Å². The van der Waals surface area contributed by atoms with Crippen LogP contribution in [0.1, 0.15) is 32.1 Å². The van der Waals surface area contributed by atoms with Crippen molar-refractivity contribution < 1.29 is 14.6 Å². The Labute approximate surface area is 84.6 Å². The predicted octanol–water partition coefficient (Wildman–Crippen LogP) is 1.01. The maximum absolute atomic E-state index is 10.2. The van der Waals surface area contributed by atoms with Crippen molar-refractivity contribution in [2.24, 2.45) is 0 Å². The van der Waals surface area contributed by atoms with E-state index in [-0.39, 0.29) is 6.42 Å². The summed E-state index contributed by atoms with van der Waals surface area (Å²) in [4.78, 5) is 10.2. The number of carboxylic acid groups (broad SMARTS) is 1. The van der Waals surface area contributed by atoms with Crippen molar-refractivity contribution in [3.8, 4) is 0 Å². The van der Waals surface area contributed by atoms with E-state index in [1.54, 1.807) is 0 Å². The lowest BCUT2D eigenvalue weighted by atomic mass is 10.2. The Morgan fingerprint density at radius 1 is 1.50 bits per heavy atom. The average molecular weight is 201 g/mol. The van der Waals surface area contributed by atoms with E-state index >= 15 is 0 Å². The second kappa shape index (κ2) is 6.79. The van der Waals surface area contributed by atoms with Gasteiger partial charge in [-0.3, -0.25) is 4.79 Å². The molecule has 1 fully saturated rings. The molecule has 0 bridgehead atoms. The van der Waals surface area contributed by atoms with Crippen LogP contribution in [0.15, 0.2) is 0 Å². The number of aliphatic carboxylic acids is 1. The summed E-state index contributed by atoms with van der Waals surface area (Å²) >= 11 is 0. The Morgan fingerprint density at radius 3 is 3.00 bits per heavy atom. The average Bonchev–Trinajstić information content (AvgIpc) is 2.63. The first-order chi connectivity index (χ1) is 6.79. The van der Waals surface area contributed by atoms with Crippen molar-refractivity contribution in [3.63, 3.8) is 0 Å². The lowest BCUT2D eigenvalue weighted by Gasteiger charge is -2.09. The number of hydrogen-bond donors (Lipinski definition) is 2. The molecule has 0 amide bonds. The van der Waals surface area contributed by atoms with Crippen LogP contribution in [0, 0.1) is 0 Å². The van der Waals surface area contributed by atoms with Crippen molar-refractivity contribution in [1.29, 1.82) is 0 Å². The van der Waals surface area contributed by atoms with Gasteiger partial charge in [-0.1, -0.05) is 0 Å². The van der Waals surface area contributed by atoms with E-state index in [1.807, 2.05) is 0 Å². The standard InChI is InChI=1S/C10H19NO3/c12-10(13)4-1-6-11-7-5-9-3-2-8-14-9/h9,11H,1-8H2,(H,12,13). The number of carbonyl (C=O) groups is 1. The van der Waals surface area contributed by atoms with Gasteiger partial charge in [0, 0.05) is 13.0 Å². The molecule has 0 saturated carbocycles. The molecular formula is C10H19NO3. The predicted molar refractivity (Wildman–Crippen MR) is 53.3 cm³/mol. The highest BCUT2D eigenvalue weighted by molar-refractivity contribution is 5.66. The van der Waals surface area contributed by atoms with Crippen LogP contribution in [0.3, 0.4) is 0 Å². The smallest absolute Gasteiger partial charge is 0.303 e. The molecule has 1 unspecified atom stereocenters. The van der Waals surface area contributed by atoms with Crippen LogP contribution >= 0.6 is 0 Å². The summed E-state index contributed by atoms with van der Waals surface area (Å²) in [6.07, 6.45) is 4.81. The van der Waals surface area contributed by atoms with Crippen molar-refractivity contribution in [1.82, 2.24) is 5.32 Å². The molecule has 1 atom stereocenters. The third-order valence-electron chi connectivity index (χ3n) is 2.41. The zero-order valence-electron chi connectivity index (χ0n) is 8.50. The van der Waals surface area contributed by atoms with Gasteiger partial charge >= 0.3 is 5.97 Å². The van der Waals surface area contributed by atoms with Gasteiger partial charge in [0.15, 0.2) is 0 Å². The van der Waals surface area contributed by atoms with Crippen molar-refractivity contribution in [2.75, 3.05) is 19.7 Å². The van der Waals surface area contributed by atoms with Gasteiger partial charge in [-0.05, 0) is 38.8 Å². The van der Waals surface area contributed by atoms with Crippen LogP contribution in [0.25, 0.3) is 0 Å². The second-order valence-electron chi connectivity index (χ2n) is 3.67. The molecule has 1 saturated heterocycles. The molecule has 1 aliphatic rings. The van der Waals surface area contributed by atoms with Crippen LogP contribution in [0.2, 0.25) is 0 Å². The van der Waals surface area contributed by atoms with Crippen LogP contribution in [-0.4, -0.2) is 36.9 Å². The minimum Gasteiger partial charge on any atom is -0.481 e. The fourth-order valence-electron chi connectivity index (χ4n) is 1.62. The lowest BCUT2D eigenvalue weighted by molar-refractivity contribution is -0.137. The first-order valence-electron chi connectivity index (χ1n) is 5.33. The largest absolute Gasteiger partial charge is 0.481 e. The van der Waals surface area contributed by atoms with Crippen LogP contribution < -0.4 is 5.32 Å². The molecule has 1 rings (SSSR count). The van der Waals surface area contributed by atoms with E-state index in [0.29, 0.717) is 12.5 Å². The molecule has 0 aromatic rings. The molecule has 4 nitrogen and oxygen atoms in total. The highest BCUT2D eigenvalue weighted by atomic mass is 16.5. The molecule has 1 heterocycles. The Hall–Kier alpha value is -0.610. The Balaban J connectivity index is 1.82. The van der Waals surface area contributed by atoms with Crippen LogP contribution in [-0.2, 0) is 9.53 Å². The normalized spacial score (nSPS) is 21.3. The zero-order valence-corrected chi connectivity index (χ0v) is 8.50. The van der Waals surface area contributed by atoms with Crippen LogP contribution in [0.5, 0.6) is 0 Å². The Morgan fingerprint density at radius 2 is 2.36 bits per heavy atom. The van der Waals surface area contributed by atoms with E-state index in [9.17, 15) is 4.79 Å². The van der Waals surface area contributed by atoms with Gasteiger partial charge in [0.1, 0.15) is 0 Å². The minimum atomic E-state index is -0.717. The number of hydrogen-bond acceptors (Lipinski definition) is 3. The van der Waals surface area contributed by atoms with E-state index in [1.165, 1.54) is 12.8 Å². The van der Waals surface area contributed by atoms with Gasteiger partial charge in [0.2, 0.25) is 0 Å². The van der Waals surface area contributed by atoms with Gasteiger partial charge in [-0.25, -0.2) is 0 Å². The molecule has 0 spiro atoms. The Kier molecular flexibility index (Phi) is 5.56. The molecular weight excluding hydrogens is 182 g/mol. The highest BCUT2D eigenvalue weighted by Gasteiger charge is 2.14. The minimum absolute atomic E-state index is 0.257. The number of ether oxygens (including phenoxy) is 1. The van der Waals surface area contributed by atoms with Gasteiger partial charge in [0.25, 0.3) is 0 Å². The fraction of sp³-hybridized carbons (Fsp3) is 0.900. The SMILES string of the molecule is O=C(O)CCCNCCC1CCCO1. The Bertz CT molecular complexity index is 167. The monoisotopic (exact) mass is 201 g/mol. The van der Waals surface area contributed by atoms with Gasteiger partial charge < -0.3 is 15.2 Å². The highest BCUT2D eigenvalue weighted by Crippen LogP contribution is 2.14. The zero-order chi connectivity index (χ0) is 10.2. The number of nitrogens with one attached hydrogen (secondary N) is 1. The first-order valence-corrected chi connectivity index (χ1v) is 5.33.